The molecule has 1 aromatic rings. The van der Waals surface area contributed by atoms with Gasteiger partial charge in [0.05, 0.1) is 13.0 Å². The maximum absolute atomic E-state index is 12.2. The second-order valence-electron chi connectivity index (χ2n) is 6.62. The Morgan fingerprint density at radius 1 is 1.31 bits per heavy atom. The van der Waals surface area contributed by atoms with E-state index in [4.69, 9.17) is 9.47 Å². The van der Waals surface area contributed by atoms with Crippen molar-refractivity contribution >= 4 is 5.91 Å². The molecule has 2 N–H and O–H groups in total. The van der Waals surface area contributed by atoms with Crippen LogP contribution in [0.15, 0.2) is 18.2 Å². The van der Waals surface area contributed by atoms with Gasteiger partial charge in [-0.1, -0.05) is 19.9 Å². The van der Waals surface area contributed by atoms with Crippen molar-refractivity contribution in [3.63, 3.8) is 0 Å². The van der Waals surface area contributed by atoms with Crippen LogP contribution in [0.1, 0.15) is 32.3 Å². The van der Waals surface area contributed by atoms with Gasteiger partial charge >= 0.3 is 0 Å². The molecule has 6 nitrogen and oxygen atoms in total. The number of carbonyl (C=O) groups excluding carboxylic acids is 1. The third-order valence-corrected chi connectivity index (χ3v) is 4.92. The fraction of sp³-hybridized carbons (Fsp3) is 0.650. The van der Waals surface area contributed by atoms with Gasteiger partial charge in [0.15, 0.2) is 11.5 Å². The molecule has 1 aromatic carbocycles. The summed E-state index contributed by atoms with van der Waals surface area (Å²) in [6, 6.07) is 5.84. The summed E-state index contributed by atoms with van der Waals surface area (Å²) in [5.41, 5.74) is 1.01. The summed E-state index contributed by atoms with van der Waals surface area (Å²) in [4.78, 5) is 14.6. The van der Waals surface area contributed by atoms with E-state index in [1.807, 2.05) is 18.2 Å². The molecular formula is C20H33N3O3. The van der Waals surface area contributed by atoms with E-state index in [1.54, 1.807) is 7.11 Å². The van der Waals surface area contributed by atoms with Gasteiger partial charge in [-0.3, -0.25) is 4.79 Å². The van der Waals surface area contributed by atoms with E-state index >= 15 is 0 Å². The van der Waals surface area contributed by atoms with E-state index in [-0.39, 0.29) is 11.8 Å². The number of nitrogens with one attached hydrogen (secondary N) is 2. The summed E-state index contributed by atoms with van der Waals surface area (Å²) >= 11 is 0. The highest BCUT2D eigenvalue weighted by molar-refractivity contribution is 5.79. The molecule has 0 aliphatic carbocycles. The number of benzene rings is 1. The van der Waals surface area contributed by atoms with Crippen LogP contribution in [0.3, 0.4) is 0 Å². The van der Waals surface area contributed by atoms with E-state index in [9.17, 15) is 4.79 Å². The average molecular weight is 364 g/mol. The Morgan fingerprint density at radius 2 is 2.12 bits per heavy atom. The molecule has 0 bridgehead atoms. The average Bonchev–Trinajstić information content (AvgIpc) is 2.70. The third kappa shape index (κ3) is 6.18. The van der Waals surface area contributed by atoms with Gasteiger partial charge in [-0.15, -0.1) is 0 Å². The van der Waals surface area contributed by atoms with Crippen LogP contribution < -0.4 is 20.1 Å². The van der Waals surface area contributed by atoms with Crippen molar-refractivity contribution in [1.29, 1.82) is 0 Å². The van der Waals surface area contributed by atoms with Gasteiger partial charge in [0.25, 0.3) is 0 Å². The highest BCUT2D eigenvalue weighted by atomic mass is 16.5. The quantitative estimate of drug-likeness (QED) is 0.666. The van der Waals surface area contributed by atoms with Crippen molar-refractivity contribution in [2.45, 2.75) is 33.2 Å². The number of hydrogen-bond donors (Lipinski definition) is 2. The zero-order valence-electron chi connectivity index (χ0n) is 16.3. The van der Waals surface area contributed by atoms with Gasteiger partial charge < -0.3 is 25.0 Å². The largest absolute Gasteiger partial charge is 0.493 e. The minimum Gasteiger partial charge on any atom is -0.493 e. The number of rotatable bonds is 10. The first-order valence-electron chi connectivity index (χ1n) is 9.68. The van der Waals surface area contributed by atoms with Crippen molar-refractivity contribution in [1.82, 2.24) is 15.5 Å². The van der Waals surface area contributed by atoms with E-state index < -0.39 is 0 Å². The zero-order valence-corrected chi connectivity index (χ0v) is 16.3. The maximum Gasteiger partial charge on any atom is 0.224 e. The van der Waals surface area contributed by atoms with E-state index in [0.29, 0.717) is 18.9 Å². The van der Waals surface area contributed by atoms with Crippen LogP contribution >= 0.6 is 0 Å². The molecule has 0 aromatic heterocycles. The lowest BCUT2D eigenvalue weighted by Gasteiger charge is -2.22. The smallest absolute Gasteiger partial charge is 0.224 e. The lowest BCUT2D eigenvalue weighted by atomic mass is 9.99. The van der Waals surface area contributed by atoms with Gasteiger partial charge in [-0.2, -0.15) is 0 Å². The Balaban J connectivity index is 1.85. The Morgan fingerprint density at radius 3 is 2.77 bits per heavy atom. The molecule has 146 valence electrons. The number of carbonyl (C=O) groups is 1. The van der Waals surface area contributed by atoms with Gasteiger partial charge in [-0.25, -0.2) is 0 Å². The molecule has 1 unspecified atom stereocenters. The highest BCUT2D eigenvalue weighted by Crippen LogP contribution is 2.28. The van der Waals surface area contributed by atoms with E-state index in [0.717, 1.165) is 56.9 Å². The Bertz CT molecular complexity index is 555. The standard InChI is InChI=1S/C20H33N3O3/c1-4-23(5-2)11-12-26-18-9-8-16(13-19(18)25-3)14-22-20(24)17-7-6-10-21-15-17/h8-9,13,17,21H,4-7,10-12,14-15H2,1-3H3,(H,22,24). The van der Waals surface area contributed by atoms with Crippen LogP contribution in [0.2, 0.25) is 0 Å². The van der Waals surface area contributed by atoms with Crippen LogP contribution in [0, 0.1) is 5.92 Å². The number of ether oxygens (including phenoxy) is 2. The molecule has 1 aliphatic heterocycles. The molecular weight excluding hydrogens is 330 g/mol. The number of nitrogens with zero attached hydrogens (tertiary/aromatic N) is 1. The van der Waals surface area contributed by atoms with Crippen LogP contribution in [-0.2, 0) is 11.3 Å². The summed E-state index contributed by atoms with van der Waals surface area (Å²) in [7, 11) is 1.64. The molecule has 1 atom stereocenters. The lowest BCUT2D eigenvalue weighted by Crippen LogP contribution is -2.40. The molecule has 6 heteroatoms. The first-order valence-corrected chi connectivity index (χ1v) is 9.68. The Hall–Kier alpha value is -1.79. The minimum atomic E-state index is 0.0772. The maximum atomic E-state index is 12.2. The molecule has 1 amide bonds. The fourth-order valence-corrected chi connectivity index (χ4v) is 3.17. The van der Waals surface area contributed by atoms with Crippen LogP contribution in [0.25, 0.3) is 0 Å². The summed E-state index contributed by atoms with van der Waals surface area (Å²) in [6.45, 7) is 10.1. The molecule has 0 radical (unpaired) electrons. The van der Waals surface area contributed by atoms with Crippen molar-refractivity contribution in [2.75, 3.05) is 46.4 Å². The molecule has 1 aliphatic rings. The topological polar surface area (TPSA) is 62.8 Å². The second-order valence-corrected chi connectivity index (χ2v) is 6.62. The van der Waals surface area contributed by atoms with Gasteiger partial charge in [0, 0.05) is 19.6 Å². The summed E-state index contributed by atoms with van der Waals surface area (Å²) in [5.74, 6) is 1.64. The van der Waals surface area contributed by atoms with Crippen molar-refractivity contribution in [3.8, 4) is 11.5 Å². The lowest BCUT2D eigenvalue weighted by molar-refractivity contribution is -0.125. The predicted octanol–water partition coefficient (Wildman–Crippen LogP) is 2.03. The normalized spacial score (nSPS) is 17.2. The third-order valence-electron chi connectivity index (χ3n) is 4.92. The monoisotopic (exact) mass is 363 g/mol. The zero-order chi connectivity index (χ0) is 18.8. The number of hydrogen-bond acceptors (Lipinski definition) is 5. The molecule has 1 fully saturated rings. The van der Waals surface area contributed by atoms with Crippen molar-refractivity contribution < 1.29 is 14.3 Å². The van der Waals surface area contributed by atoms with Gasteiger partial charge in [0.1, 0.15) is 6.61 Å². The van der Waals surface area contributed by atoms with Crippen molar-refractivity contribution in [2.24, 2.45) is 5.92 Å². The predicted molar refractivity (Wildman–Crippen MR) is 104 cm³/mol. The first-order chi connectivity index (χ1) is 12.7. The Labute approximate surface area is 157 Å². The molecule has 2 rings (SSSR count). The van der Waals surface area contributed by atoms with Crippen LogP contribution in [0.4, 0.5) is 0 Å². The van der Waals surface area contributed by atoms with Crippen LogP contribution in [0.5, 0.6) is 11.5 Å². The summed E-state index contributed by atoms with van der Waals surface area (Å²) < 4.78 is 11.3. The molecule has 0 saturated carbocycles. The Kier molecular flexibility index (Phi) is 8.71. The highest BCUT2D eigenvalue weighted by Gasteiger charge is 2.20. The minimum absolute atomic E-state index is 0.0772. The van der Waals surface area contributed by atoms with Crippen LogP contribution in [-0.4, -0.2) is 57.2 Å². The van der Waals surface area contributed by atoms with Gasteiger partial charge in [-0.05, 0) is 50.2 Å². The molecule has 1 saturated heterocycles. The molecule has 1 heterocycles. The number of amides is 1. The van der Waals surface area contributed by atoms with E-state index in [2.05, 4.69) is 29.4 Å². The number of likely N-dealkylation sites (N-methyl/N-ethyl adjacent to an activating group) is 1. The van der Waals surface area contributed by atoms with Gasteiger partial charge in [0.2, 0.25) is 5.91 Å². The fourth-order valence-electron chi connectivity index (χ4n) is 3.17. The van der Waals surface area contributed by atoms with E-state index in [1.165, 1.54) is 0 Å². The first kappa shape index (κ1) is 20.5. The van der Waals surface area contributed by atoms with Crippen molar-refractivity contribution in [3.05, 3.63) is 23.8 Å². The number of methoxy groups -OCH3 is 1. The molecule has 0 spiro atoms. The summed E-state index contributed by atoms with van der Waals surface area (Å²) in [5, 5.41) is 6.31. The second kappa shape index (κ2) is 11.0. The SMILES string of the molecule is CCN(CC)CCOc1ccc(CNC(=O)C2CCCNC2)cc1OC. The summed E-state index contributed by atoms with van der Waals surface area (Å²) in [6.07, 6.45) is 2.02. The number of piperidine rings is 1. The molecule has 26 heavy (non-hydrogen) atoms.